The first kappa shape index (κ1) is 22.2. The summed E-state index contributed by atoms with van der Waals surface area (Å²) in [7, 11) is 0. The minimum absolute atomic E-state index is 0.0380. The van der Waals surface area contributed by atoms with Crippen molar-refractivity contribution in [2.75, 3.05) is 6.54 Å². The molecule has 0 spiro atoms. The molecule has 4 aromatic carbocycles. The molecule has 0 aromatic heterocycles. The fraction of sp³-hybridized carbons (Fsp3) is 0.233. The zero-order chi connectivity index (χ0) is 23.5. The smallest absolute Gasteiger partial charge is 0.307 e. The van der Waals surface area contributed by atoms with Gasteiger partial charge in [-0.3, -0.25) is 4.79 Å². The van der Waals surface area contributed by atoms with Gasteiger partial charge in [0.25, 0.3) is 0 Å². The van der Waals surface area contributed by atoms with Crippen molar-refractivity contribution in [3.05, 3.63) is 113 Å². The van der Waals surface area contributed by atoms with Crippen LogP contribution in [0.4, 0.5) is 0 Å². The van der Waals surface area contributed by atoms with E-state index in [2.05, 4.69) is 79.0 Å². The molecule has 3 atom stereocenters. The predicted molar refractivity (Wildman–Crippen MR) is 135 cm³/mol. The largest absolute Gasteiger partial charge is 0.489 e. The second-order valence-corrected chi connectivity index (χ2v) is 9.08. The topological polar surface area (TPSA) is 58.6 Å². The maximum atomic E-state index is 11.0. The molecule has 1 unspecified atom stereocenters. The van der Waals surface area contributed by atoms with Crippen LogP contribution in [-0.4, -0.2) is 23.7 Å². The van der Waals surface area contributed by atoms with E-state index in [0.717, 1.165) is 24.3 Å². The maximum absolute atomic E-state index is 11.0. The van der Waals surface area contributed by atoms with Crippen molar-refractivity contribution in [3.8, 4) is 5.75 Å². The zero-order valence-corrected chi connectivity index (χ0v) is 19.3. The Morgan fingerprint density at radius 1 is 0.971 bits per heavy atom. The summed E-state index contributed by atoms with van der Waals surface area (Å²) in [4.78, 5) is 11.0. The Kier molecular flexibility index (Phi) is 6.33. The molecule has 0 bridgehead atoms. The number of carboxylic acids is 1. The van der Waals surface area contributed by atoms with E-state index in [0.29, 0.717) is 0 Å². The number of hydrogen-bond acceptors (Lipinski definition) is 3. The van der Waals surface area contributed by atoms with Gasteiger partial charge < -0.3 is 15.2 Å². The Morgan fingerprint density at radius 2 is 1.71 bits per heavy atom. The number of carbonyl (C=O) groups is 1. The predicted octanol–water partition coefficient (Wildman–Crippen LogP) is 6.10. The molecule has 4 heteroatoms. The summed E-state index contributed by atoms with van der Waals surface area (Å²) in [6, 6.07) is 31.4. The number of benzene rings is 4. The molecule has 5 rings (SSSR count). The Hall–Kier alpha value is -3.63. The van der Waals surface area contributed by atoms with Crippen LogP contribution in [0.5, 0.6) is 5.75 Å². The first-order chi connectivity index (χ1) is 16.6. The van der Waals surface area contributed by atoms with Gasteiger partial charge in [-0.1, -0.05) is 84.9 Å². The molecule has 0 saturated heterocycles. The lowest BCUT2D eigenvalue weighted by molar-refractivity contribution is -0.136. The Balaban J connectivity index is 1.34. The van der Waals surface area contributed by atoms with Crippen LogP contribution < -0.4 is 10.1 Å². The van der Waals surface area contributed by atoms with Crippen molar-refractivity contribution >= 4 is 16.7 Å². The fourth-order valence-electron chi connectivity index (χ4n) is 5.02. The minimum Gasteiger partial charge on any atom is -0.489 e. The third kappa shape index (κ3) is 4.68. The minimum atomic E-state index is -0.810. The van der Waals surface area contributed by atoms with Crippen LogP contribution in [0.25, 0.3) is 10.8 Å². The van der Waals surface area contributed by atoms with E-state index in [1.807, 2.05) is 24.3 Å². The second-order valence-electron chi connectivity index (χ2n) is 9.08. The third-order valence-electron chi connectivity index (χ3n) is 6.77. The number of nitrogens with one attached hydrogen (secondary N) is 1. The van der Waals surface area contributed by atoms with Crippen LogP contribution >= 0.6 is 0 Å². The van der Waals surface area contributed by atoms with Crippen LogP contribution in [0, 0.1) is 0 Å². The van der Waals surface area contributed by atoms with Gasteiger partial charge in [0.15, 0.2) is 0 Å². The SMILES string of the molecule is CC(NC[C@H]1C[C@@H](c2ccc(CC(=O)O)cc2)c2ccccc2O1)c1cccc2ccccc12. The quantitative estimate of drug-likeness (QED) is 0.356. The van der Waals surface area contributed by atoms with E-state index >= 15 is 0 Å². The number of aliphatic carboxylic acids is 1. The first-order valence-corrected chi connectivity index (χ1v) is 11.9. The number of para-hydroxylation sites is 1. The van der Waals surface area contributed by atoms with Gasteiger partial charge in [0.05, 0.1) is 6.42 Å². The number of hydrogen-bond donors (Lipinski definition) is 2. The molecule has 4 aromatic rings. The number of carboxylic acid groups (broad SMARTS) is 1. The summed E-state index contributed by atoms with van der Waals surface area (Å²) in [5.41, 5.74) is 4.49. The van der Waals surface area contributed by atoms with Crippen molar-refractivity contribution in [2.45, 2.75) is 37.8 Å². The molecule has 1 aliphatic rings. The van der Waals surface area contributed by atoms with Crippen LogP contribution in [0.3, 0.4) is 0 Å². The van der Waals surface area contributed by atoms with Gasteiger partial charge in [-0.25, -0.2) is 0 Å². The molecule has 0 amide bonds. The van der Waals surface area contributed by atoms with E-state index in [9.17, 15) is 4.79 Å². The van der Waals surface area contributed by atoms with Crippen LogP contribution in [0.2, 0.25) is 0 Å². The number of ether oxygens (including phenoxy) is 1. The molecule has 0 saturated carbocycles. The summed E-state index contributed by atoms with van der Waals surface area (Å²) in [5.74, 6) is 0.331. The molecule has 172 valence electrons. The summed E-state index contributed by atoms with van der Waals surface area (Å²) in [5, 5.41) is 15.3. The molecule has 0 aliphatic carbocycles. The normalized spacial score (nSPS) is 18.1. The molecular weight excluding hydrogens is 422 g/mol. The van der Waals surface area contributed by atoms with E-state index < -0.39 is 5.97 Å². The van der Waals surface area contributed by atoms with Gasteiger partial charge in [0, 0.05) is 24.1 Å². The number of rotatable bonds is 7. The van der Waals surface area contributed by atoms with Crippen molar-refractivity contribution in [1.29, 1.82) is 0 Å². The highest BCUT2D eigenvalue weighted by molar-refractivity contribution is 5.86. The number of fused-ring (bicyclic) bond motifs is 2. The summed E-state index contributed by atoms with van der Waals surface area (Å²) in [6.07, 6.45) is 0.948. The Labute approximate surface area is 200 Å². The lowest BCUT2D eigenvalue weighted by atomic mass is 9.83. The zero-order valence-electron chi connectivity index (χ0n) is 19.3. The van der Waals surface area contributed by atoms with Gasteiger partial charge in [0.2, 0.25) is 0 Å². The van der Waals surface area contributed by atoms with Crippen LogP contribution in [0.1, 0.15) is 47.6 Å². The summed E-state index contributed by atoms with van der Waals surface area (Å²) < 4.78 is 6.39. The van der Waals surface area contributed by atoms with Gasteiger partial charge >= 0.3 is 5.97 Å². The van der Waals surface area contributed by atoms with Gasteiger partial charge in [-0.15, -0.1) is 0 Å². The summed E-state index contributed by atoms with van der Waals surface area (Å²) in [6.45, 7) is 2.95. The molecule has 0 radical (unpaired) electrons. The highest BCUT2D eigenvalue weighted by Gasteiger charge is 2.29. The Bertz CT molecular complexity index is 1290. The van der Waals surface area contributed by atoms with Crippen LogP contribution in [0.15, 0.2) is 91.0 Å². The van der Waals surface area contributed by atoms with Gasteiger partial charge in [-0.2, -0.15) is 0 Å². The molecule has 1 aliphatic heterocycles. The van der Waals surface area contributed by atoms with Gasteiger partial charge in [-0.05, 0) is 46.9 Å². The monoisotopic (exact) mass is 451 g/mol. The van der Waals surface area contributed by atoms with E-state index in [1.54, 1.807) is 0 Å². The Morgan fingerprint density at radius 3 is 2.53 bits per heavy atom. The van der Waals surface area contributed by atoms with E-state index in [4.69, 9.17) is 9.84 Å². The summed E-state index contributed by atoms with van der Waals surface area (Å²) >= 11 is 0. The average molecular weight is 452 g/mol. The molecule has 0 fully saturated rings. The van der Waals surface area contributed by atoms with Crippen molar-refractivity contribution in [2.24, 2.45) is 0 Å². The van der Waals surface area contributed by atoms with E-state index in [1.165, 1.54) is 27.5 Å². The highest BCUT2D eigenvalue weighted by atomic mass is 16.5. The standard InChI is InChI=1S/C30H29NO3/c1-20(25-11-6-8-22-7-2-3-9-26(22)25)31-19-24-18-28(27-10-4-5-12-29(27)34-24)23-15-13-21(14-16-23)17-30(32)33/h2-16,20,24,28,31H,17-19H2,1H3,(H,32,33)/t20?,24-,28+/m1/s1. The van der Waals surface area contributed by atoms with Crippen molar-refractivity contribution in [3.63, 3.8) is 0 Å². The molecular formula is C30H29NO3. The van der Waals surface area contributed by atoms with Crippen molar-refractivity contribution in [1.82, 2.24) is 5.32 Å². The van der Waals surface area contributed by atoms with Crippen LogP contribution in [-0.2, 0) is 11.2 Å². The highest BCUT2D eigenvalue weighted by Crippen LogP contribution is 2.40. The molecule has 34 heavy (non-hydrogen) atoms. The lowest BCUT2D eigenvalue weighted by Gasteiger charge is -2.33. The fourth-order valence-corrected chi connectivity index (χ4v) is 5.02. The van der Waals surface area contributed by atoms with Gasteiger partial charge in [0.1, 0.15) is 11.9 Å². The van der Waals surface area contributed by atoms with E-state index in [-0.39, 0.29) is 24.5 Å². The first-order valence-electron chi connectivity index (χ1n) is 11.9. The average Bonchev–Trinajstić information content (AvgIpc) is 2.86. The maximum Gasteiger partial charge on any atom is 0.307 e. The molecule has 1 heterocycles. The second kappa shape index (κ2) is 9.70. The molecule has 4 nitrogen and oxygen atoms in total. The van der Waals surface area contributed by atoms with Crippen molar-refractivity contribution < 1.29 is 14.6 Å². The third-order valence-corrected chi connectivity index (χ3v) is 6.77. The lowest BCUT2D eigenvalue weighted by Crippen LogP contribution is -2.37. The molecule has 2 N–H and O–H groups in total.